The molecule has 1 aromatic carbocycles. The molecule has 0 aliphatic heterocycles. The Labute approximate surface area is 100 Å². The van der Waals surface area contributed by atoms with Crippen LogP contribution in [0.3, 0.4) is 0 Å². The highest BCUT2D eigenvalue weighted by molar-refractivity contribution is 7.86. The van der Waals surface area contributed by atoms with Crippen LogP contribution >= 0.6 is 0 Å². The van der Waals surface area contributed by atoms with Crippen molar-refractivity contribution in [2.24, 2.45) is 0 Å². The predicted molar refractivity (Wildman–Crippen MR) is 55.3 cm³/mol. The standard InChI is InChI=1S/C9H10O3S.Mg/c1-8(2)12-13(10,11)9-6-4-3-5-7-9;/h3-7H,1H2,2H3;. The minimum absolute atomic E-state index is 0. The Bertz CT molecular complexity index is 397. The zero-order valence-corrected chi connectivity index (χ0v) is 10.2. The van der Waals surface area contributed by atoms with Gasteiger partial charge in [0, 0.05) is 23.1 Å². The lowest BCUT2D eigenvalue weighted by atomic mass is 10.4. The molecule has 3 nitrogen and oxygen atoms in total. The molecule has 0 heterocycles. The summed E-state index contributed by atoms with van der Waals surface area (Å²) in [6.07, 6.45) is 0. The van der Waals surface area contributed by atoms with Crippen LogP contribution in [0.2, 0.25) is 0 Å². The smallest absolute Gasteiger partial charge is 0.338 e. The molecule has 0 saturated heterocycles. The average molecular weight is 223 g/mol. The molecule has 0 aliphatic rings. The van der Waals surface area contributed by atoms with E-state index in [2.05, 4.69) is 10.8 Å². The maximum absolute atomic E-state index is 11.4. The van der Waals surface area contributed by atoms with Crippen LogP contribution in [0, 0.1) is 0 Å². The summed E-state index contributed by atoms with van der Waals surface area (Å²) in [7, 11) is -3.66. The van der Waals surface area contributed by atoms with Gasteiger partial charge in [-0.25, -0.2) is 0 Å². The molecule has 0 amide bonds. The molecule has 5 heteroatoms. The predicted octanol–water partition coefficient (Wildman–Crippen LogP) is 1.54. The van der Waals surface area contributed by atoms with Crippen molar-refractivity contribution < 1.29 is 12.6 Å². The van der Waals surface area contributed by atoms with Crippen LogP contribution in [0.25, 0.3) is 0 Å². The van der Waals surface area contributed by atoms with Gasteiger partial charge in [0.15, 0.2) is 0 Å². The van der Waals surface area contributed by atoms with Gasteiger partial charge in [-0.2, -0.15) is 8.42 Å². The first-order valence-corrected chi connectivity index (χ1v) is 5.08. The fraction of sp³-hybridized carbons (Fsp3) is 0.111. The summed E-state index contributed by atoms with van der Waals surface area (Å²) < 4.78 is 27.3. The van der Waals surface area contributed by atoms with Gasteiger partial charge in [0.2, 0.25) is 0 Å². The van der Waals surface area contributed by atoms with Gasteiger partial charge in [-0.1, -0.05) is 24.8 Å². The molecule has 0 spiro atoms. The SMILES string of the molecule is C=C(C)OS(=O)(=O)c1ccccc1.[Mg]. The van der Waals surface area contributed by atoms with E-state index in [-0.39, 0.29) is 33.7 Å². The molecule has 0 N–H and O–H groups in total. The first-order chi connectivity index (χ1) is 6.02. The van der Waals surface area contributed by atoms with Crippen LogP contribution in [-0.4, -0.2) is 31.5 Å². The zero-order chi connectivity index (χ0) is 9.90. The Hall–Kier alpha value is -0.524. The van der Waals surface area contributed by atoms with Crippen LogP contribution < -0.4 is 0 Å². The normalized spacial score (nSPS) is 10.1. The molecule has 0 aromatic heterocycles. The minimum Gasteiger partial charge on any atom is -0.384 e. The van der Waals surface area contributed by atoms with E-state index in [1.165, 1.54) is 19.1 Å². The molecule has 0 unspecified atom stereocenters. The third kappa shape index (κ3) is 3.69. The second kappa shape index (κ2) is 5.38. The quantitative estimate of drug-likeness (QED) is 0.443. The van der Waals surface area contributed by atoms with Gasteiger partial charge in [-0.3, -0.25) is 0 Å². The lowest BCUT2D eigenvalue weighted by Gasteiger charge is -2.04. The molecule has 1 aromatic rings. The maximum atomic E-state index is 11.4. The Morgan fingerprint density at radius 2 is 1.79 bits per heavy atom. The fourth-order valence-corrected chi connectivity index (χ4v) is 1.78. The Morgan fingerprint density at radius 1 is 1.29 bits per heavy atom. The van der Waals surface area contributed by atoms with Crippen molar-refractivity contribution >= 4 is 33.2 Å². The van der Waals surface area contributed by atoms with Crippen molar-refractivity contribution in [3.05, 3.63) is 42.7 Å². The minimum atomic E-state index is -3.66. The number of rotatable bonds is 3. The molecule has 0 fully saturated rings. The van der Waals surface area contributed by atoms with E-state index in [9.17, 15) is 8.42 Å². The fourth-order valence-electron chi connectivity index (χ4n) is 0.823. The van der Waals surface area contributed by atoms with Gasteiger partial charge in [0.25, 0.3) is 0 Å². The van der Waals surface area contributed by atoms with E-state index < -0.39 is 10.1 Å². The van der Waals surface area contributed by atoms with Crippen molar-refractivity contribution in [3.63, 3.8) is 0 Å². The zero-order valence-electron chi connectivity index (χ0n) is 7.93. The van der Waals surface area contributed by atoms with Crippen molar-refractivity contribution in [3.8, 4) is 0 Å². The highest BCUT2D eigenvalue weighted by atomic mass is 32.2. The maximum Gasteiger partial charge on any atom is 0.338 e. The van der Waals surface area contributed by atoms with E-state index in [1.807, 2.05) is 0 Å². The molecule has 14 heavy (non-hydrogen) atoms. The summed E-state index contributed by atoms with van der Waals surface area (Å²) in [4.78, 5) is 0.137. The molecule has 0 saturated carbocycles. The largest absolute Gasteiger partial charge is 0.384 e. The summed E-state index contributed by atoms with van der Waals surface area (Å²) in [5, 5.41) is 0. The number of hydrogen-bond acceptors (Lipinski definition) is 3. The molecular formula is C9H10MgO3S. The van der Waals surface area contributed by atoms with E-state index >= 15 is 0 Å². The Kier molecular flexibility index (Phi) is 5.18. The van der Waals surface area contributed by atoms with Crippen LogP contribution in [0.1, 0.15) is 6.92 Å². The lowest BCUT2D eigenvalue weighted by Crippen LogP contribution is -2.03. The number of allylic oxidation sites excluding steroid dienone is 1. The topological polar surface area (TPSA) is 43.4 Å². The van der Waals surface area contributed by atoms with Crippen LogP contribution in [0.5, 0.6) is 0 Å². The van der Waals surface area contributed by atoms with E-state index in [0.29, 0.717) is 0 Å². The monoisotopic (exact) mass is 222 g/mol. The molecule has 0 bridgehead atoms. The molecule has 0 aliphatic carbocycles. The van der Waals surface area contributed by atoms with E-state index in [4.69, 9.17) is 0 Å². The van der Waals surface area contributed by atoms with Gasteiger partial charge in [0.05, 0.1) is 0 Å². The second-order valence-electron chi connectivity index (χ2n) is 2.55. The summed E-state index contributed by atoms with van der Waals surface area (Å²) in [5.41, 5.74) is 0. The van der Waals surface area contributed by atoms with Gasteiger partial charge >= 0.3 is 10.1 Å². The van der Waals surface area contributed by atoms with Crippen LogP contribution in [-0.2, 0) is 14.3 Å². The van der Waals surface area contributed by atoms with Crippen molar-refractivity contribution in [1.29, 1.82) is 0 Å². The van der Waals surface area contributed by atoms with Gasteiger partial charge in [-0.15, -0.1) is 0 Å². The summed E-state index contributed by atoms with van der Waals surface area (Å²) >= 11 is 0. The third-order valence-corrected chi connectivity index (χ3v) is 2.64. The van der Waals surface area contributed by atoms with Crippen LogP contribution in [0.4, 0.5) is 0 Å². The highest BCUT2D eigenvalue weighted by Gasteiger charge is 2.14. The summed E-state index contributed by atoms with van der Waals surface area (Å²) in [6.45, 7) is 4.85. The Morgan fingerprint density at radius 3 is 2.21 bits per heavy atom. The average Bonchev–Trinajstić information content (AvgIpc) is 2.04. The third-order valence-electron chi connectivity index (χ3n) is 1.28. The van der Waals surface area contributed by atoms with Gasteiger partial charge < -0.3 is 4.18 Å². The molecular weight excluding hydrogens is 212 g/mol. The summed E-state index contributed by atoms with van der Waals surface area (Å²) in [5.74, 6) is 0.156. The van der Waals surface area contributed by atoms with Crippen molar-refractivity contribution in [2.75, 3.05) is 0 Å². The highest BCUT2D eigenvalue weighted by Crippen LogP contribution is 2.13. The summed E-state index contributed by atoms with van der Waals surface area (Å²) in [6, 6.07) is 7.94. The van der Waals surface area contributed by atoms with Crippen molar-refractivity contribution in [2.45, 2.75) is 11.8 Å². The number of benzene rings is 1. The van der Waals surface area contributed by atoms with Gasteiger partial charge in [-0.05, 0) is 19.1 Å². The lowest BCUT2D eigenvalue weighted by molar-refractivity contribution is 0.410. The molecule has 72 valence electrons. The molecule has 2 radical (unpaired) electrons. The molecule has 0 atom stereocenters. The van der Waals surface area contributed by atoms with Crippen LogP contribution in [0.15, 0.2) is 47.6 Å². The van der Waals surface area contributed by atoms with E-state index in [1.54, 1.807) is 18.2 Å². The van der Waals surface area contributed by atoms with Gasteiger partial charge in [0.1, 0.15) is 10.7 Å². The first-order valence-electron chi connectivity index (χ1n) is 3.67. The second-order valence-corrected chi connectivity index (χ2v) is 4.10. The van der Waals surface area contributed by atoms with Crippen molar-refractivity contribution in [1.82, 2.24) is 0 Å². The first kappa shape index (κ1) is 13.5. The Balaban J connectivity index is 0.00000169. The molecule has 1 rings (SSSR count). The van der Waals surface area contributed by atoms with E-state index in [0.717, 1.165) is 0 Å². The number of hydrogen-bond donors (Lipinski definition) is 0.